The highest BCUT2D eigenvalue weighted by atomic mass is 16.5. The SMILES string of the molecule is Cc1cc2ncn(C/C=C(/N)[NH2+]O)c2cc1C. The van der Waals surface area contributed by atoms with Gasteiger partial charge in [-0.2, -0.15) is 5.48 Å². The van der Waals surface area contributed by atoms with Crippen molar-refractivity contribution in [1.29, 1.82) is 0 Å². The topological polar surface area (TPSA) is 80.7 Å². The monoisotopic (exact) mass is 233 g/mol. The summed E-state index contributed by atoms with van der Waals surface area (Å²) in [5, 5.41) is 8.71. The third-order valence-corrected chi connectivity index (χ3v) is 2.91. The zero-order valence-electron chi connectivity index (χ0n) is 10.0. The molecule has 1 heterocycles. The fraction of sp³-hybridized carbons (Fsp3) is 0.250. The lowest BCUT2D eigenvalue weighted by atomic mass is 10.1. The molecule has 0 aliphatic heterocycles. The molecule has 0 saturated carbocycles. The van der Waals surface area contributed by atoms with Gasteiger partial charge in [0.15, 0.2) is 0 Å². The second-order valence-electron chi connectivity index (χ2n) is 4.16. The first-order valence-corrected chi connectivity index (χ1v) is 5.47. The lowest BCUT2D eigenvalue weighted by Gasteiger charge is -2.03. The van der Waals surface area contributed by atoms with Gasteiger partial charge in [0, 0.05) is 12.6 Å². The smallest absolute Gasteiger partial charge is 0.225 e. The number of rotatable bonds is 3. The molecule has 0 aliphatic carbocycles. The maximum Gasteiger partial charge on any atom is 0.225 e. The first kappa shape index (κ1) is 11.6. The van der Waals surface area contributed by atoms with Gasteiger partial charge in [-0.05, 0) is 37.1 Å². The van der Waals surface area contributed by atoms with Gasteiger partial charge in [-0.25, -0.2) is 10.2 Å². The van der Waals surface area contributed by atoms with Crippen LogP contribution < -0.4 is 11.2 Å². The lowest BCUT2D eigenvalue weighted by Crippen LogP contribution is -2.80. The van der Waals surface area contributed by atoms with E-state index in [4.69, 9.17) is 10.9 Å². The minimum atomic E-state index is 0.357. The molecule has 2 rings (SSSR count). The maximum absolute atomic E-state index is 8.71. The molecule has 0 amide bonds. The molecule has 5 N–H and O–H groups in total. The first-order valence-electron chi connectivity index (χ1n) is 5.47. The molecule has 17 heavy (non-hydrogen) atoms. The van der Waals surface area contributed by atoms with Gasteiger partial charge >= 0.3 is 0 Å². The molecule has 0 unspecified atom stereocenters. The van der Waals surface area contributed by atoms with Crippen molar-refractivity contribution in [3.63, 3.8) is 0 Å². The summed E-state index contributed by atoms with van der Waals surface area (Å²) in [5.41, 5.74) is 10.9. The Balaban J connectivity index is 2.39. The molecule has 1 aromatic heterocycles. The summed E-state index contributed by atoms with van der Waals surface area (Å²) in [7, 11) is 0. The fourth-order valence-electron chi connectivity index (χ4n) is 1.72. The highest BCUT2D eigenvalue weighted by Crippen LogP contribution is 2.18. The highest BCUT2D eigenvalue weighted by molar-refractivity contribution is 5.77. The van der Waals surface area contributed by atoms with Crippen LogP contribution >= 0.6 is 0 Å². The van der Waals surface area contributed by atoms with E-state index >= 15 is 0 Å². The number of hydroxylamine groups is 1. The summed E-state index contributed by atoms with van der Waals surface area (Å²) < 4.78 is 2.00. The van der Waals surface area contributed by atoms with Crippen molar-refractivity contribution in [2.24, 2.45) is 5.73 Å². The number of aryl methyl sites for hydroxylation is 2. The Morgan fingerprint density at radius 2 is 2.18 bits per heavy atom. The number of hydrogen-bond donors (Lipinski definition) is 3. The molecule has 2 aromatic rings. The number of aromatic nitrogens is 2. The Kier molecular flexibility index (Phi) is 3.12. The molecule has 0 atom stereocenters. The fourth-order valence-corrected chi connectivity index (χ4v) is 1.72. The van der Waals surface area contributed by atoms with Crippen LogP contribution in [-0.2, 0) is 6.54 Å². The van der Waals surface area contributed by atoms with E-state index in [1.165, 1.54) is 11.1 Å². The molecule has 0 fully saturated rings. The van der Waals surface area contributed by atoms with Crippen LogP contribution in [0.1, 0.15) is 11.1 Å². The molecule has 90 valence electrons. The molecular weight excluding hydrogens is 216 g/mol. The van der Waals surface area contributed by atoms with Crippen LogP contribution in [0.25, 0.3) is 11.0 Å². The van der Waals surface area contributed by atoms with Crippen LogP contribution in [0, 0.1) is 13.8 Å². The number of allylic oxidation sites excluding steroid dienone is 1. The maximum atomic E-state index is 8.71. The van der Waals surface area contributed by atoms with E-state index in [0.29, 0.717) is 12.4 Å². The Morgan fingerprint density at radius 3 is 2.88 bits per heavy atom. The molecule has 0 aliphatic rings. The number of quaternary nitrogens is 1. The Morgan fingerprint density at radius 1 is 1.47 bits per heavy atom. The largest absolute Gasteiger partial charge is 0.353 e. The third kappa shape index (κ3) is 2.30. The van der Waals surface area contributed by atoms with E-state index in [2.05, 4.69) is 31.0 Å². The van der Waals surface area contributed by atoms with Crippen LogP contribution in [0.15, 0.2) is 30.4 Å². The summed E-state index contributed by atoms with van der Waals surface area (Å²) in [6.45, 7) is 4.76. The van der Waals surface area contributed by atoms with Crippen molar-refractivity contribution in [2.75, 3.05) is 0 Å². The van der Waals surface area contributed by atoms with Crippen LogP contribution in [0.4, 0.5) is 0 Å². The summed E-state index contributed by atoms with van der Waals surface area (Å²) in [4.78, 5) is 4.34. The molecule has 0 saturated heterocycles. The van der Waals surface area contributed by atoms with Crippen molar-refractivity contribution in [3.05, 3.63) is 41.5 Å². The van der Waals surface area contributed by atoms with Gasteiger partial charge < -0.3 is 10.3 Å². The molecule has 0 radical (unpaired) electrons. The number of benzene rings is 1. The lowest BCUT2D eigenvalue weighted by molar-refractivity contribution is -0.852. The number of nitrogens with zero attached hydrogens (tertiary/aromatic N) is 2. The van der Waals surface area contributed by atoms with E-state index in [1.54, 1.807) is 12.4 Å². The summed E-state index contributed by atoms with van der Waals surface area (Å²) in [6.07, 6.45) is 3.53. The molecule has 0 spiro atoms. The summed E-state index contributed by atoms with van der Waals surface area (Å²) >= 11 is 0. The quantitative estimate of drug-likeness (QED) is 0.671. The summed E-state index contributed by atoms with van der Waals surface area (Å²) in [6, 6.07) is 4.19. The van der Waals surface area contributed by atoms with E-state index in [9.17, 15) is 0 Å². The van der Waals surface area contributed by atoms with Crippen LogP contribution in [0.3, 0.4) is 0 Å². The highest BCUT2D eigenvalue weighted by Gasteiger charge is 2.04. The third-order valence-electron chi connectivity index (χ3n) is 2.91. The van der Waals surface area contributed by atoms with Gasteiger partial charge in [0.2, 0.25) is 5.82 Å². The van der Waals surface area contributed by atoms with Gasteiger partial charge in [0.05, 0.1) is 17.4 Å². The molecule has 0 bridgehead atoms. The van der Waals surface area contributed by atoms with Gasteiger partial charge in [0.25, 0.3) is 0 Å². The van der Waals surface area contributed by atoms with Crippen molar-refractivity contribution >= 4 is 11.0 Å². The van der Waals surface area contributed by atoms with Crippen LogP contribution in [0.5, 0.6) is 0 Å². The van der Waals surface area contributed by atoms with E-state index < -0.39 is 0 Å². The molecule has 5 heteroatoms. The first-order chi connectivity index (χ1) is 8.11. The minimum absolute atomic E-state index is 0.357. The zero-order valence-corrected chi connectivity index (χ0v) is 10.0. The normalized spacial score (nSPS) is 12.3. The van der Waals surface area contributed by atoms with Crippen LogP contribution in [-0.4, -0.2) is 14.8 Å². The average Bonchev–Trinajstić information content (AvgIpc) is 2.69. The van der Waals surface area contributed by atoms with E-state index in [0.717, 1.165) is 16.5 Å². The van der Waals surface area contributed by atoms with E-state index in [1.807, 2.05) is 4.57 Å². The zero-order chi connectivity index (χ0) is 12.4. The predicted octanol–water partition coefficient (Wildman–Crippen LogP) is 0.406. The molecular formula is C12H17N4O+. The number of imidazole rings is 1. The average molecular weight is 233 g/mol. The van der Waals surface area contributed by atoms with Gasteiger partial charge in [-0.15, -0.1) is 0 Å². The predicted molar refractivity (Wildman–Crippen MR) is 65.2 cm³/mol. The second kappa shape index (κ2) is 4.57. The van der Waals surface area contributed by atoms with Crippen molar-refractivity contribution in [2.45, 2.75) is 20.4 Å². The Bertz CT molecular complexity index is 571. The second-order valence-corrected chi connectivity index (χ2v) is 4.16. The van der Waals surface area contributed by atoms with Gasteiger partial charge in [-0.3, -0.25) is 0 Å². The summed E-state index contributed by atoms with van der Waals surface area (Å²) in [5.74, 6) is 0.357. The van der Waals surface area contributed by atoms with E-state index in [-0.39, 0.29) is 0 Å². The number of nitrogens with two attached hydrogens (primary N) is 2. The van der Waals surface area contributed by atoms with Crippen LogP contribution in [0.2, 0.25) is 0 Å². The Labute approximate surface area is 99.5 Å². The number of fused-ring (bicyclic) bond motifs is 1. The van der Waals surface area contributed by atoms with Crippen molar-refractivity contribution in [1.82, 2.24) is 9.55 Å². The minimum Gasteiger partial charge on any atom is -0.353 e. The van der Waals surface area contributed by atoms with Gasteiger partial charge in [0.1, 0.15) is 0 Å². The standard InChI is InChI=1S/C12H16N4O/c1-8-5-10-11(6-9(8)2)16(7-14-10)4-3-12(13)15-17/h3,5-7,15,17H,4,13H2,1-2H3/p+1/b12-3-. The molecule has 5 nitrogen and oxygen atoms in total. The Hall–Kier alpha value is -1.85. The van der Waals surface area contributed by atoms with Crippen molar-refractivity contribution in [3.8, 4) is 0 Å². The molecule has 1 aromatic carbocycles. The van der Waals surface area contributed by atoms with Gasteiger partial charge in [-0.1, -0.05) is 0 Å². The number of hydrogen-bond acceptors (Lipinski definition) is 3. The van der Waals surface area contributed by atoms with Crippen molar-refractivity contribution < 1.29 is 10.7 Å².